The van der Waals surface area contributed by atoms with Crippen LogP contribution in [0.4, 0.5) is 0 Å². The van der Waals surface area contributed by atoms with Crippen molar-refractivity contribution in [3.63, 3.8) is 0 Å². The summed E-state index contributed by atoms with van der Waals surface area (Å²) in [6.07, 6.45) is 3.81. The molecule has 0 bridgehead atoms. The first kappa shape index (κ1) is 19.0. The maximum atomic E-state index is 10.5. The van der Waals surface area contributed by atoms with Crippen LogP contribution in [0.25, 0.3) is 0 Å². The van der Waals surface area contributed by atoms with Crippen molar-refractivity contribution in [3.8, 4) is 0 Å². The molecule has 0 spiro atoms. The van der Waals surface area contributed by atoms with E-state index in [1.807, 2.05) is 20.8 Å². The predicted octanol–water partition coefficient (Wildman–Crippen LogP) is 1.32. The molecule has 0 aliphatic heterocycles. The summed E-state index contributed by atoms with van der Waals surface area (Å²) >= 11 is 0. The van der Waals surface area contributed by atoms with Crippen LogP contribution in [0.3, 0.4) is 0 Å². The summed E-state index contributed by atoms with van der Waals surface area (Å²) in [7, 11) is -4.30. The van der Waals surface area contributed by atoms with Crippen molar-refractivity contribution in [2.24, 2.45) is 5.92 Å². The van der Waals surface area contributed by atoms with Gasteiger partial charge in [0.05, 0.1) is 0 Å². The van der Waals surface area contributed by atoms with Crippen molar-refractivity contribution >= 4 is 39.7 Å². The minimum atomic E-state index is -4.30. The Labute approximate surface area is 120 Å². The van der Waals surface area contributed by atoms with Gasteiger partial charge in [0.1, 0.15) is 0 Å². The second-order valence-electron chi connectivity index (χ2n) is 4.17. The van der Waals surface area contributed by atoms with Crippen molar-refractivity contribution in [3.05, 3.63) is 11.6 Å². The van der Waals surface area contributed by atoms with E-state index < -0.39 is 15.6 Å². The molecule has 0 aliphatic rings. The normalized spacial score (nSPS) is 14.8. The molecule has 0 heterocycles. The van der Waals surface area contributed by atoms with E-state index in [4.69, 9.17) is 9.66 Å². The second-order valence-corrected chi connectivity index (χ2v) is 5.74. The quantitative estimate of drug-likeness (QED) is 0.429. The van der Waals surface area contributed by atoms with E-state index in [-0.39, 0.29) is 41.9 Å². The zero-order valence-corrected chi connectivity index (χ0v) is 10.3. The Morgan fingerprint density at radius 3 is 2.25 bits per heavy atom. The van der Waals surface area contributed by atoms with Crippen molar-refractivity contribution in [2.45, 2.75) is 45.5 Å². The molecule has 0 aromatic rings. The second kappa shape index (κ2) is 8.66. The van der Waals surface area contributed by atoms with Crippen LogP contribution >= 0.6 is 0 Å². The van der Waals surface area contributed by atoms with Crippen molar-refractivity contribution < 1.29 is 18.1 Å². The summed E-state index contributed by atoms with van der Waals surface area (Å²) in [6, 6.07) is 0. The van der Waals surface area contributed by atoms with Gasteiger partial charge in [-0.25, -0.2) is 0 Å². The Balaban J connectivity index is 0. The van der Waals surface area contributed by atoms with Gasteiger partial charge in [-0.1, -0.05) is 18.6 Å². The van der Waals surface area contributed by atoms with Crippen LogP contribution in [0.15, 0.2) is 11.6 Å². The summed E-state index contributed by atoms with van der Waals surface area (Å²) in [6.45, 7) is 5.85. The fraction of sp³-hybridized carbons (Fsp3) is 0.800. The predicted molar refractivity (Wildman–Crippen MR) is 67.2 cm³/mol. The number of hydrogen-bond acceptors (Lipinski definition) is 3. The standard InChI is InChI=1S/C10H20O4S.Na.H/c1-8(2)5-4-6-9(3)7-10(11)15(12,13)14;;/h5,9-11H,4,6-7H2,1-3H3,(H,12,13,14);;. The van der Waals surface area contributed by atoms with Crippen LogP contribution in [0.5, 0.6) is 0 Å². The van der Waals surface area contributed by atoms with Crippen molar-refractivity contribution in [1.82, 2.24) is 0 Å². The fourth-order valence-electron chi connectivity index (χ4n) is 1.24. The van der Waals surface area contributed by atoms with E-state index in [0.717, 1.165) is 12.8 Å². The Kier molecular flexibility index (Phi) is 10.3. The first-order valence-corrected chi connectivity index (χ1v) is 6.51. The molecule has 0 saturated carbocycles. The minimum absolute atomic E-state index is 0. The zero-order chi connectivity index (χ0) is 12.1. The Hall–Kier alpha value is 0.610. The topological polar surface area (TPSA) is 74.6 Å². The van der Waals surface area contributed by atoms with E-state index in [2.05, 4.69) is 6.08 Å². The molecule has 0 aliphatic carbocycles. The van der Waals surface area contributed by atoms with Crippen molar-refractivity contribution in [1.29, 1.82) is 0 Å². The molecule has 0 aromatic carbocycles. The van der Waals surface area contributed by atoms with E-state index in [0.29, 0.717) is 0 Å². The molecule has 0 saturated heterocycles. The first-order valence-electron chi connectivity index (χ1n) is 5.01. The summed E-state index contributed by atoms with van der Waals surface area (Å²) < 4.78 is 29.6. The summed E-state index contributed by atoms with van der Waals surface area (Å²) in [4.78, 5) is 0. The third kappa shape index (κ3) is 9.81. The number of allylic oxidation sites excluding steroid dienone is 2. The third-order valence-electron chi connectivity index (χ3n) is 2.16. The molecule has 92 valence electrons. The Bertz CT molecular complexity index is 307. The molecule has 4 nitrogen and oxygen atoms in total. The van der Waals surface area contributed by atoms with Crippen LogP contribution in [0, 0.1) is 5.92 Å². The van der Waals surface area contributed by atoms with E-state index in [1.54, 1.807) is 0 Å². The SMILES string of the molecule is CC(C)=CCCC(C)CC(O)S(=O)(=O)O.[NaH]. The maximum absolute atomic E-state index is 10.5. The van der Waals surface area contributed by atoms with Gasteiger partial charge in [0.2, 0.25) is 0 Å². The number of aliphatic hydroxyl groups is 1. The monoisotopic (exact) mass is 260 g/mol. The molecule has 2 unspecified atom stereocenters. The Morgan fingerprint density at radius 1 is 1.38 bits per heavy atom. The molecule has 0 fully saturated rings. The van der Waals surface area contributed by atoms with E-state index in [9.17, 15) is 8.42 Å². The Morgan fingerprint density at radius 2 is 1.88 bits per heavy atom. The van der Waals surface area contributed by atoms with Crippen LogP contribution in [-0.4, -0.2) is 53.1 Å². The number of hydrogen-bond donors (Lipinski definition) is 2. The van der Waals surface area contributed by atoms with Gasteiger partial charge in [-0.3, -0.25) is 4.55 Å². The van der Waals surface area contributed by atoms with Gasteiger partial charge in [-0.15, -0.1) is 0 Å². The van der Waals surface area contributed by atoms with Crippen LogP contribution < -0.4 is 0 Å². The first-order chi connectivity index (χ1) is 6.73. The van der Waals surface area contributed by atoms with Crippen molar-refractivity contribution in [2.75, 3.05) is 0 Å². The number of rotatable bonds is 6. The molecular formula is C10H21NaO4S. The van der Waals surface area contributed by atoms with Gasteiger partial charge in [0.15, 0.2) is 5.44 Å². The van der Waals surface area contributed by atoms with E-state index >= 15 is 0 Å². The van der Waals surface area contributed by atoms with Crippen LogP contribution in [0.2, 0.25) is 0 Å². The van der Waals surface area contributed by atoms with Gasteiger partial charge >= 0.3 is 29.6 Å². The van der Waals surface area contributed by atoms with Gasteiger partial charge in [-0.2, -0.15) is 8.42 Å². The molecule has 0 amide bonds. The molecule has 2 atom stereocenters. The zero-order valence-electron chi connectivity index (χ0n) is 9.47. The van der Waals surface area contributed by atoms with Gasteiger partial charge in [-0.05, 0) is 39.0 Å². The molecule has 6 heteroatoms. The van der Waals surface area contributed by atoms with Crippen LogP contribution in [-0.2, 0) is 10.1 Å². The molecule has 16 heavy (non-hydrogen) atoms. The number of aliphatic hydroxyl groups excluding tert-OH is 1. The molecule has 0 rings (SSSR count). The third-order valence-corrected chi connectivity index (χ3v) is 3.04. The summed E-state index contributed by atoms with van der Waals surface area (Å²) in [5.41, 5.74) is -0.434. The molecule has 0 aromatic heterocycles. The molecular weight excluding hydrogens is 239 g/mol. The van der Waals surface area contributed by atoms with Gasteiger partial charge in [0.25, 0.3) is 10.1 Å². The average molecular weight is 260 g/mol. The fourth-order valence-corrected chi connectivity index (χ4v) is 1.81. The average Bonchev–Trinajstić information content (AvgIpc) is 2.01. The summed E-state index contributed by atoms with van der Waals surface area (Å²) in [5, 5.41) is 9.11. The van der Waals surface area contributed by atoms with Gasteiger partial charge in [0, 0.05) is 0 Å². The molecule has 2 N–H and O–H groups in total. The summed E-state index contributed by atoms with van der Waals surface area (Å²) in [5.74, 6) is 0.0672. The van der Waals surface area contributed by atoms with Gasteiger partial charge < -0.3 is 5.11 Å². The van der Waals surface area contributed by atoms with Crippen LogP contribution in [0.1, 0.15) is 40.0 Å². The molecule has 0 radical (unpaired) electrons. The van der Waals surface area contributed by atoms with E-state index in [1.165, 1.54) is 5.57 Å².